The number of rotatable bonds is 1. The number of hydrogen-bond donors (Lipinski definition) is 1. The molecule has 13 heavy (non-hydrogen) atoms. The molecule has 1 nitrogen and oxygen atoms in total. The van der Waals surface area contributed by atoms with E-state index < -0.39 is 11.4 Å². The molecule has 0 saturated carbocycles. The molecular formula is C10H12ClFO. The summed E-state index contributed by atoms with van der Waals surface area (Å²) < 4.78 is 13.5. The van der Waals surface area contributed by atoms with Gasteiger partial charge in [0.1, 0.15) is 5.82 Å². The van der Waals surface area contributed by atoms with Crippen LogP contribution in [0.4, 0.5) is 4.39 Å². The predicted molar refractivity (Wildman–Crippen MR) is 51.4 cm³/mol. The van der Waals surface area contributed by atoms with Gasteiger partial charge in [0.25, 0.3) is 0 Å². The van der Waals surface area contributed by atoms with Crippen LogP contribution < -0.4 is 0 Å². The van der Waals surface area contributed by atoms with Crippen LogP contribution in [0, 0.1) is 12.7 Å². The molecule has 0 heterocycles. The number of halogens is 2. The Morgan fingerprint density at radius 1 is 1.38 bits per heavy atom. The maximum atomic E-state index is 13.5. The number of hydrogen-bond acceptors (Lipinski definition) is 1. The second kappa shape index (κ2) is 3.28. The van der Waals surface area contributed by atoms with Crippen molar-refractivity contribution in [1.29, 1.82) is 0 Å². The van der Waals surface area contributed by atoms with Gasteiger partial charge in [-0.2, -0.15) is 0 Å². The molecule has 0 aliphatic heterocycles. The standard InChI is InChI=1S/C10H12ClFO/c1-6-8(11)5-4-7(9(6)12)10(2,3)13/h4-5,13H,1-3H3. The molecule has 0 bridgehead atoms. The molecule has 0 aromatic heterocycles. The molecular weight excluding hydrogens is 191 g/mol. The van der Waals surface area contributed by atoms with Crippen LogP contribution in [0.5, 0.6) is 0 Å². The van der Waals surface area contributed by atoms with Crippen LogP contribution in [0.3, 0.4) is 0 Å². The third kappa shape index (κ3) is 2.01. The molecule has 0 aliphatic carbocycles. The average molecular weight is 203 g/mol. The van der Waals surface area contributed by atoms with E-state index >= 15 is 0 Å². The summed E-state index contributed by atoms with van der Waals surface area (Å²) in [7, 11) is 0. The molecule has 3 heteroatoms. The molecule has 0 radical (unpaired) electrons. The zero-order chi connectivity index (χ0) is 10.2. The lowest BCUT2D eigenvalue weighted by atomic mass is 9.96. The van der Waals surface area contributed by atoms with E-state index in [0.29, 0.717) is 10.6 Å². The minimum atomic E-state index is -1.17. The van der Waals surface area contributed by atoms with Crippen LogP contribution >= 0.6 is 11.6 Å². The van der Waals surface area contributed by atoms with Gasteiger partial charge in [-0.25, -0.2) is 4.39 Å². The lowest BCUT2D eigenvalue weighted by molar-refractivity contribution is 0.0744. The summed E-state index contributed by atoms with van der Waals surface area (Å²) in [5.74, 6) is -0.431. The van der Waals surface area contributed by atoms with E-state index in [1.807, 2.05) is 0 Å². The fraction of sp³-hybridized carbons (Fsp3) is 0.400. The maximum absolute atomic E-state index is 13.5. The first-order valence-corrected chi connectivity index (χ1v) is 4.39. The van der Waals surface area contributed by atoms with E-state index in [1.165, 1.54) is 6.07 Å². The topological polar surface area (TPSA) is 20.2 Å². The van der Waals surface area contributed by atoms with Crippen molar-refractivity contribution >= 4 is 11.6 Å². The first kappa shape index (κ1) is 10.5. The predicted octanol–water partition coefficient (Wildman–Crippen LogP) is 3.01. The molecule has 1 N–H and O–H groups in total. The largest absolute Gasteiger partial charge is 0.386 e. The summed E-state index contributed by atoms with van der Waals surface area (Å²) in [6.45, 7) is 4.67. The highest BCUT2D eigenvalue weighted by Crippen LogP contribution is 2.28. The van der Waals surface area contributed by atoms with Gasteiger partial charge in [-0.1, -0.05) is 17.7 Å². The van der Waals surface area contributed by atoms with Crippen LogP contribution in [-0.4, -0.2) is 5.11 Å². The average Bonchev–Trinajstić information content (AvgIpc) is 1.98. The van der Waals surface area contributed by atoms with Crippen molar-refractivity contribution in [2.45, 2.75) is 26.4 Å². The highest BCUT2D eigenvalue weighted by molar-refractivity contribution is 6.31. The highest BCUT2D eigenvalue weighted by Gasteiger charge is 2.22. The Hall–Kier alpha value is -0.600. The van der Waals surface area contributed by atoms with Crippen molar-refractivity contribution in [1.82, 2.24) is 0 Å². The molecule has 1 aromatic carbocycles. The summed E-state index contributed by atoms with van der Waals surface area (Å²) >= 11 is 5.71. The van der Waals surface area contributed by atoms with Gasteiger partial charge in [0.15, 0.2) is 0 Å². The van der Waals surface area contributed by atoms with Crippen LogP contribution in [-0.2, 0) is 5.60 Å². The summed E-state index contributed by atoms with van der Waals surface area (Å²) in [4.78, 5) is 0. The van der Waals surface area contributed by atoms with E-state index in [1.54, 1.807) is 26.8 Å². The Labute approximate surface area is 82.2 Å². The van der Waals surface area contributed by atoms with Crippen molar-refractivity contribution in [3.8, 4) is 0 Å². The summed E-state index contributed by atoms with van der Waals surface area (Å²) in [6.07, 6.45) is 0. The van der Waals surface area contributed by atoms with Gasteiger partial charge in [0, 0.05) is 16.1 Å². The lowest BCUT2D eigenvalue weighted by Gasteiger charge is -2.19. The molecule has 0 aliphatic rings. The molecule has 0 spiro atoms. The third-order valence-electron chi connectivity index (χ3n) is 1.98. The normalized spacial score (nSPS) is 11.8. The summed E-state index contributed by atoms with van der Waals surface area (Å²) in [5, 5.41) is 9.98. The summed E-state index contributed by atoms with van der Waals surface area (Å²) in [6, 6.07) is 3.10. The van der Waals surface area contributed by atoms with Gasteiger partial charge in [-0.15, -0.1) is 0 Å². The van der Waals surface area contributed by atoms with Crippen LogP contribution in [0.25, 0.3) is 0 Å². The molecule has 72 valence electrons. The van der Waals surface area contributed by atoms with E-state index in [2.05, 4.69) is 0 Å². The van der Waals surface area contributed by atoms with E-state index in [0.717, 1.165) is 0 Å². The van der Waals surface area contributed by atoms with Gasteiger partial charge < -0.3 is 5.11 Å². The Bertz CT molecular complexity index is 328. The van der Waals surface area contributed by atoms with Crippen molar-refractivity contribution in [2.24, 2.45) is 0 Å². The number of aliphatic hydroxyl groups is 1. The van der Waals surface area contributed by atoms with Gasteiger partial charge in [-0.05, 0) is 26.8 Å². The van der Waals surface area contributed by atoms with Crippen molar-refractivity contribution in [2.75, 3.05) is 0 Å². The first-order valence-electron chi connectivity index (χ1n) is 4.01. The lowest BCUT2D eigenvalue weighted by Crippen LogP contribution is -2.18. The van der Waals surface area contributed by atoms with Crippen molar-refractivity contribution in [3.63, 3.8) is 0 Å². The van der Waals surface area contributed by atoms with Crippen LogP contribution in [0.2, 0.25) is 5.02 Å². The van der Waals surface area contributed by atoms with Gasteiger partial charge in [0.05, 0.1) is 5.60 Å². The molecule has 0 unspecified atom stereocenters. The second-order valence-corrected chi connectivity index (χ2v) is 4.00. The zero-order valence-electron chi connectivity index (χ0n) is 7.86. The third-order valence-corrected chi connectivity index (χ3v) is 2.39. The number of benzene rings is 1. The molecule has 0 fully saturated rings. The van der Waals surface area contributed by atoms with Gasteiger partial charge in [-0.3, -0.25) is 0 Å². The molecule has 0 amide bonds. The van der Waals surface area contributed by atoms with E-state index in [9.17, 15) is 9.50 Å². The fourth-order valence-electron chi connectivity index (χ4n) is 1.13. The first-order chi connectivity index (χ1) is 5.84. The van der Waals surface area contributed by atoms with E-state index in [-0.39, 0.29) is 5.56 Å². The minimum Gasteiger partial charge on any atom is -0.386 e. The van der Waals surface area contributed by atoms with Gasteiger partial charge in [0.2, 0.25) is 0 Å². The zero-order valence-corrected chi connectivity index (χ0v) is 8.61. The smallest absolute Gasteiger partial charge is 0.133 e. The van der Waals surface area contributed by atoms with Crippen molar-refractivity contribution in [3.05, 3.63) is 34.1 Å². The monoisotopic (exact) mass is 202 g/mol. The van der Waals surface area contributed by atoms with Crippen LogP contribution in [0.15, 0.2) is 12.1 Å². The quantitative estimate of drug-likeness (QED) is 0.742. The second-order valence-electron chi connectivity index (χ2n) is 3.59. The van der Waals surface area contributed by atoms with Crippen LogP contribution in [0.1, 0.15) is 25.0 Å². The van der Waals surface area contributed by atoms with Crippen molar-refractivity contribution < 1.29 is 9.50 Å². The van der Waals surface area contributed by atoms with Gasteiger partial charge >= 0.3 is 0 Å². The highest BCUT2D eigenvalue weighted by atomic mass is 35.5. The SMILES string of the molecule is Cc1c(Cl)ccc(C(C)(C)O)c1F. The Kier molecular flexibility index (Phi) is 2.64. The Morgan fingerprint density at radius 2 is 1.92 bits per heavy atom. The molecule has 0 atom stereocenters. The minimum absolute atomic E-state index is 0.273. The Morgan fingerprint density at radius 3 is 2.38 bits per heavy atom. The summed E-state index contributed by atoms with van der Waals surface area (Å²) in [5.41, 5.74) is -0.518. The Balaban J connectivity index is 3.35. The fourth-order valence-corrected chi connectivity index (χ4v) is 1.28. The molecule has 1 rings (SSSR count). The molecule has 0 saturated heterocycles. The van der Waals surface area contributed by atoms with E-state index in [4.69, 9.17) is 11.6 Å². The maximum Gasteiger partial charge on any atom is 0.133 e. The molecule has 1 aromatic rings.